The van der Waals surface area contributed by atoms with Gasteiger partial charge in [0.15, 0.2) is 0 Å². The summed E-state index contributed by atoms with van der Waals surface area (Å²) in [5, 5.41) is 4.29. The number of ether oxygens (including phenoxy) is 1. The van der Waals surface area contributed by atoms with Gasteiger partial charge in [0.25, 0.3) is 0 Å². The number of nitrogens with one attached hydrogen (secondary N) is 1. The van der Waals surface area contributed by atoms with Gasteiger partial charge in [-0.15, -0.1) is 12.4 Å². The lowest BCUT2D eigenvalue weighted by molar-refractivity contribution is 0.0466. The fraction of sp³-hybridized carbons (Fsp3) is 0.471. The summed E-state index contributed by atoms with van der Waals surface area (Å²) >= 11 is 0. The van der Waals surface area contributed by atoms with Crippen molar-refractivity contribution < 1.29 is 13.9 Å². The Bertz CT molecular complexity index is 650. The van der Waals surface area contributed by atoms with E-state index in [1.807, 2.05) is 12.1 Å². The van der Waals surface area contributed by atoms with Gasteiger partial charge >= 0.3 is 5.97 Å². The number of hydrogen-bond donors (Lipinski definition) is 1. The van der Waals surface area contributed by atoms with Crippen LogP contribution in [0.15, 0.2) is 28.7 Å². The maximum atomic E-state index is 11.9. The second-order valence-corrected chi connectivity index (χ2v) is 5.56. The molecule has 1 aliphatic heterocycles. The van der Waals surface area contributed by atoms with Crippen molar-refractivity contribution in [2.75, 3.05) is 37.7 Å². The molecular formula is C17H23ClN2O3. The summed E-state index contributed by atoms with van der Waals surface area (Å²) in [4.78, 5) is 14.3. The zero-order valence-electron chi connectivity index (χ0n) is 13.3. The second kappa shape index (κ2) is 8.22. The highest BCUT2D eigenvalue weighted by Crippen LogP contribution is 2.26. The Morgan fingerprint density at radius 2 is 2.09 bits per heavy atom. The summed E-state index contributed by atoms with van der Waals surface area (Å²) in [5.41, 5.74) is 1.89. The van der Waals surface area contributed by atoms with Crippen LogP contribution in [-0.4, -0.2) is 38.8 Å². The molecule has 0 spiro atoms. The lowest BCUT2D eigenvalue weighted by Gasteiger charge is -2.29. The van der Waals surface area contributed by atoms with Crippen molar-refractivity contribution in [3.05, 3.63) is 30.0 Å². The molecule has 0 aliphatic carbocycles. The van der Waals surface area contributed by atoms with E-state index in [0.29, 0.717) is 6.61 Å². The molecule has 5 nitrogen and oxygen atoms in total. The molecule has 3 rings (SSSR count). The third-order valence-corrected chi connectivity index (χ3v) is 3.91. The fourth-order valence-electron chi connectivity index (χ4n) is 2.63. The van der Waals surface area contributed by atoms with Crippen LogP contribution < -0.4 is 10.2 Å². The number of furan rings is 1. The van der Waals surface area contributed by atoms with Crippen molar-refractivity contribution in [2.45, 2.75) is 19.8 Å². The fourth-order valence-corrected chi connectivity index (χ4v) is 2.63. The van der Waals surface area contributed by atoms with E-state index in [1.165, 1.54) is 5.69 Å². The minimum atomic E-state index is -0.381. The lowest BCUT2D eigenvalue weighted by Crippen LogP contribution is -2.43. The lowest BCUT2D eigenvalue weighted by atomic mass is 10.2. The van der Waals surface area contributed by atoms with Crippen LogP contribution in [0.2, 0.25) is 0 Å². The van der Waals surface area contributed by atoms with Crippen LogP contribution in [0.3, 0.4) is 0 Å². The molecule has 1 aliphatic rings. The summed E-state index contributed by atoms with van der Waals surface area (Å²) < 4.78 is 10.8. The topological polar surface area (TPSA) is 54.7 Å². The van der Waals surface area contributed by atoms with E-state index in [-0.39, 0.29) is 24.1 Å². The first-order chi connectivity index (χ1) is 10.8. The first-order valence-electron chi connectivity index (χ1n) is 7.94. The highest BCUT2D eigenvalue weighted by atomic mass is 35.5. The zero-order valence-corrected chi connectivity index (χ0v) is 14.2. The Balaban J connectivity index is 0.00000192. The van der Waals surface area contributed by atoms with Crippen LogP contribution >= 0.6 is 12.4 Å². The number of carbonyl (C=O) groups excluding carboxylic acids is 1. The molecule has 0 saturated carbocycles. The van der Waals surface area contributed by atoms with Gasteiger partial charge in [0.2, 0.25) is 5.76 Å². The number of unbranched alkanes of at least 4 members (excludes halogenated alkanes) is 1. The van der Waals surface area contributed by atoms with Crippen LogP contribution in [-0.2, 0) is 4.74 Å². The number of esters is 1. The van der Waals surface area contributed by atoms with Crippen LogP contribution in [0.1, 0.15) is 30.3 Å². The molecule has 1 aromatic carbocycles. The van der Waals surface area contributed by atoms with Gasteiger partial charge in [-0.2, -0.15) is 0 Å². The summed E-state index contributed by atoms with van der Waals surface area (Å²) in [5.74, 6) is -0.100. The van der Waals surface area contributed by atoms with Gasteiger partial charge in [-0.25, -0.2) is 4.79 Å². The normalized spacial score (nSPS) is 14.6. The van der Waals surface area contributed by atoms with Gasteiger partial charge in [-0.3, -0.25) is 0 Å². The van der Waals surface area contributed by atoms with Crippen molar-refractivity contribution in [3.63, 3.8) is 0 Å². The molecule has 1 N–H and O–H groups in total. The first-order valence-corrected chi connectivity index (χ1v) is 7.94. The third-order valence-electron chi connectivity index (χ3n) is 3.91. The quantitative estimate of drug-likeness (QED) is 0.670. The van der Waals surface area contributed by atoms with E-state index in [2.05, 4.69) is 23.2 Å². The molecule has 0 bridgehead atoms. The largest absolute Gasteiger partial charge is 0.460 e. The van der Waals surface area contributed by atoms with Crippen molar-refractivity contribution in [1.29, 1.82) is 0 Å². The minimum absolute atomic E-state index is 0. The van der Waals surface area contributed by atoms with Crippen molar-refractivity contribution >= 4 is 35.0 Å². The van der Waals surface area contributed by atoms with E-state index < -0.39 is 0 Å². The predicted molar refractivity (Wildman–Crippen MR) is 93.7 cm³/mol. The van der Waals surface area contributed by atoms with Gasteiger partial charge in [0, 0.05) is 37.3 Å². The number of piperazine rings is 1. The predicted octanol–water partition coefficient (Wildman–Crippen LogP) is 3.22. The highest BCUT2D eigenvalue weighted by molar-refractivity contribution is 5.93. The molecular weight excluding hydrogens is 316 g/mol. The number of benzene rings is 1. The molecule has 2 heterocycles. The number of anilines is 1. The highest BCUT2D eigenvalue weighted by Gasteiger charge is 2.16. The Morgan fingerprint density at radius 3 is 2.83 bits per heavy atom. The van der Waals surface area contributed by atoms with Crippen LogP contribution in [0.25, 0.3) is 11.0 Å². The van der Waals surface area contributed by atoms with Crippen LogP contribution in [0, 0.1) is 0 Å². The Morgan fingerprint density at radius 1 is 1.30 bits per heavy atom. The molecule has 1 fully saturated rings. The Hall–Kier alpha value is -1.72. The van der Waals surface area contributed by atoms with E-state index in [0.717, 1.165) is 50.0 Å². The molecule has 2 aromatic rings. The summed E-state index contributed by atoms with van der Waals surface area (Å²) in [6.07, 6.45) is 1.88. The van der Waals surface area contributed by atoms with Crippen molar-refractivity contribution in [2.24, 2.45) is 0 Å². The van der Waals surface area contributed by atoms with E-state index in [9.17, 15) is 4.79 Å². The minimum Gasteiger partial charge on any atom is -0.460 e. The molecule has 126 valence electrons. The summed E-state index contributed by atoms with van der Waals surface area (Å²) in [6.45, 7) is 6.49. The van der Waals surface area contributed by atoms with Crippen molar-refractivity contribution in [1.82, 2.24) is 5.32 Å². The van der Waals surface area contributed by atoms with Gasteiger partial charge in [-0.05, 0) is 30.7 Å². The SMILES string of the molecule is CCCCOC(=O)c1cc2cc(N3CCNCC3)ccc2o1.Cl. The van der Waals surface area contributed by atoms with Crippen LogP contribution in [0.5, 0.6) is 0 Å². The van der Waals surface area contributed by atoms with Gasteiger partial charge in [-0.1, -0.05) is 13.3 Å². The number of halogens is 1. The summed E-state index contributed by atoms with van der Waals surface area (Å²) in [7, 11) is 0. The smallest absolute Gasteiger partial charge is 0.374 e. The molecule has 0 unspecified atom stereocenters. The van der Waals surface area contributed by atoms with Gasteiger partial charge in [0.05, 0.1) is 6.61 Å². The molecule has 1 saturated heterocycles. The molecule has 0 atom stereocenters. The first kappa shape index (κ1) is 17.6. The second-order valence-electron chi connectivity index (χ2n) is 5.56. The number of hydrogen-bond acceptors (Lipinski definition) is 5. The monoisotopic (exact) mass is 338 g/mol. The van der Waals surface area contributed by atoms with E-state index in [4.69, 9.17) is 9.15 Å². The number of carbonyl (C=O) groups is 1. The summed E-state index contributed by atoms with van der Waals surface area (Å²) in [6, 6.07) is 7.82. The standard InChI is InChI=1S/C17H22N2O3.ClH/c1-2-3-10-21-17(20)16-12-13-11-14(4-5-15(13)22-16)19-8-6-18-7-9-19;/h4-5,11-12,18H,2-3,6-10H2,1H3;1H. The molecule has 0 amide bonds. The number of rotatable bonds is 5. The average molecular weight is 339 g/mol. The molecule has 0 radical (unpaired) electrons. The van der Waals surface area contributed by atoms with E-state index >= 15 is 0 Å². The van der Waals surface area contributed by atoms with Gasteiger partial charge < -0.3 is 19.4 Å². The number of nitrogens with zero attached hydrogens (tertiary/aromatic N) is 1. The third kappa shape index (κ3) is 4.18. The maximum absolute atomic E-state index is 11.9. The Labute approximate surface area is 142 Å². The number of fused-ring (bicyclic) bond motifs is 1. The molecule has 23 heavy (non-hydrogen) atoms. The zero-order chi connectivity index (χ0) is 15.4. The maximum Gasteiger partial charge on any atom is 0.374 e. The Kier molecular flexibility index (Phi) is 6.30. The average Bonchev–Trinajstić information content (AvgIpc) is 2.99. The van der Waals surface area contributed by atoms with Crippen molar-refractivity contribution in [3.8, 4) is 0 Å². The molecule has 1 aromatic heterocycles. The van der Waals surface area contributed by atoms with E-state index in [1.54, 1.807) is 6.07 Å². The molecule has 6 heteroatoms. The van der Waals surface area contributed by atoms with Crippen LogP contribution in [0.4, 0.5) is 5.69 Å². The van der Waals surface area contributed by atoms with Gasteiger partial charge in [0.1, 0.15) is 5.58 Å².